The molecule has 0 aliphatic carbocycles. The van der Waals surface area contributed by atoms with Crippen LogP contribution in [0.5, 0.6) is 0 Å². The Morgan fingerprint density at radius 2 is 2.29 bits per heavy atom. The van der Waals surface area contributed by atoms with Gasteiger partial charge in [0.25, 0.3) is 0 Å². The number of nitrogens with zero attached hydrogens (tertiary/aromatic N) is 1. The molecule has 0 fully saturated rings. The Hall–Kier alpha value is -0.660. The van der Waals surface area contributed by atoms with E-state index in [1.165, 1.54) is 17.6 Å². The maximum atomic E-state index is 10.9. The van der Waals surface area contributed by atoms with Crippen molar-refractivity contribution in [2.24, 2.45) is 5.73 Å². The Labute approximate surface area is 87.1 Å². The van der Waals surface area contributed by atoms with Gasteiger partial charge in [-0.15, -0.1) is 11.3 Å². The molecule has 0 saturated carbocycles. The SMILES string of the molecule is CS(=O)(=O)CCC(N)c1csc(N)n1. The van der Waals surface area contributed by atoms with Crippen LogP contribution in [-0.4, -0.2) is 25.4 Å². The number of rotatable bonds is 4. The molecule has 80 valence electrons. The molecule has 1 heterocycles. The lowest BCUT2D eigenvalue weighted by atomic mass is 10.2. The molecule has 0 bridgehead atoms. The lowest BCUT2D eigenvalue weighted by Crippen LogP contribution is -2.16. The summed E-state index contributed by atoms with van der Waals surface area (Å²) in [6, 6.07) is -0.349. The van der Waals surface area contributed by atoms with Gasteiger partial charge in [0.15, 0.2) is 5.13 Å². The van der Waals surface area contributed by atoms with Gasteiger partial charge in [0.05, 0.1) is 11.4 Å². The van der Waals surface area contributed by atoms with Gasteiger partial charge in [0.2, 0.25) is 0 Å². The number of hydrogen-bond donors (Lipinski definition) is 2. The van der Waals surface area contributed by atoms with E-state index >= 15 is 0 Å². The zero-order chi connectivity index (χ0) is 10.8. The molecule has 0 radical (unpaired) electrons. The van der Waals surface area contributed by atoms with Gasteiger partial charge in [-0.05, 0) is 6.42 Å². The topological polar surface area (TPSA) is 99.1 Å². The fraction of sp³-hybridized carbons (Fsp3) is 0.571. The molecule has 0 spiro atoms. The smallest absolute Gasteiger partial charge is 0.180 e. The summed E-state index contributed by atoms with van der Waals surface area (Å²) >= 11 is 1.30. The van der Waals surface area contributed by atoms with E-state index in [0.717, 1.165) is 0 Å². The molecule has 0 aliphatic heterocycles. The number of anilines is 1. The number of nitrogens with two attached hydrogens (primary N) is 2. The van der Waals surface area contributed by atoms with Gasteiger partial charge >= 0.3 is 0 Å². The van der Waals surface area contributed by atoms with Crippen molar-refractivity contribution in [3.63, 3.8) is 0 Å². The molecule has 7 heteroatoms. The minimum Gasteiger partial charge on any atom is -0.375 e. The van der Waals surface area contributed by atoms with Crippen LogP contribution < -0.4 is 11.5 Å². The first kappa shape index (κ1) is 11.4. The van der Waals surface area contributed by atoms with Crippen LogP contribution >= 0.6 is 11.3 Å². The van der Waals surface area contributed by atoms with Crippen molar-refractivity contribution in [2.45, 2.75) is 12.5 Å². The lowest BCUT2D eigenvalue weighted by Gasteiger charge is -2.06. The molecule has 14 heavy (non-hydrogen) atoms. The van der Waals surface area contributed by atoms with Gasteiger partial charge in [0.1, 0.15) is 9.84 Å². The second-order valence-corrected chi connectivity index (χ2v) is 6.29. The maximum absolute atomic E-state index is 10.9. The highest BCUT2D eigenvalue weighted by molar-refractivity contribution is 7.90. The van der Waals surface area contributed by atoms with E-state index in [1.807, 2.05) is 0 Å². The predicted octanol–water partition coefficient (Wildman–Crippen LogP) is 0.160. The summed E-state index contributed by atoms with van der Waals surface area (Å²) in [5.74, 6) is 0.0750. The normalized spacial score (nSPS) is 14.1. The van der Waals surface area contributed by atoms with Crippen molar-refractivity contribution in [3.8, 4) is 0 Å². The molecule has 5 nitrogen and oxygen atoms in total. The Bertz CT molecular complexity index is 399. The van der Waals surface area contributed by atoms with Crippen molar-refractivity contribution >= 4 is 26.3 Å². The average molecular weight is 235 g/mol. The highest BCUT2D eigenvalue weighted by atomic mass is 32.2. The molecule has 1 aromatic heterocycles. The molecule has 1 atom stereocenters. The van der Waals surface area contributed by atoms with Gasteiger partial charge in [0, 0.05) is 17.7 Å². The van der Waals surface area contributed by atoms with Crippen molar-refractivity contribution in [1.82, 2.24) is 4.98 Å². The Morgan fingerprint density at radius 1 is 1.64 bits per heavy atom. The summed E-state index contributed by atoms with van der Waals surface area (Å²) in [7, 11) is -2.96. The van der Waals surface area contributed by atoms with E-state index in [4.69, 9.17) is 11.5 Å². The average Bonchev–Trinajstić information content (AvgIpc) is 2.46. The molecule has 4 N–H and O–H groups in total. The zero-order valence-electron chi connectivity index (χ0n) is 7.80. The molecular formula is C7H13N3O2S2. The van der Waals surface area contributed by atoms with Crippen LogP contribution in [0, 0.1) is 0 Å². The molecular weight excluding hydrogens is 222 g/mol. The van der Waals surface area contributed by atoms with E-state index < -0.39 is 9.84 Å². The Morgan fingerprint density at radius 3 is 2.71 bits per heavy atom. The summed E-state index contributed by atoms with van der Waals surface area (Å²) < 4.78 is 21.7. The number of nitrogen functional groups attached to an aromatic ring is 1. The minimum atomic E-state index is -2.96. The monoisotopic (exact) mass is 235 g/mol. The summed E-state index contributed by atoms with van der Waals surface area (Å²) in [5, 5.41) is 2.21. The fourth-order valence-corrected chi connectivity index (χ4v) is 2.27. The number of aromatic nitrogens is 1. The largest absolute Gasteiger partial charge is 0.375 e. The standard InChI is InChI=1S/C7H13N3O2S2/c1-14(11,12)3-2-5(8)6-4-13-7(9)10-6/h4-5H,2-3,8H2,1H3,(H2,9,10). The molecule has 0 amide bonds. The third kappa shape index (κ3) is 3.60. The summed E-state index contributed by atoms with van der Waals surface area (Å²) in [5.41, 5.74) is 11.8. The molecule has 0 aliphatic rings. The summed E-state index contributed by atoms with van der Waals surface area (Å²) in [6.45, 7) is 0. The number of thiazole rings is 1. The van der Waals surface area contributed by atoms with Gasteiger partial charge in [-0.1, -0.05) is 0 Å². The van der Waals surface area contributed by atoms with Gasteiger partial charge in [-0.3, -0.25) is 0 Å². The van der Waals surface area contributed by atoms with Crippen LogP contribution in [0.1, 0.15) is 18.2 Å². The number of hydrogen-bond acceptors (Lipinski definition) is 6. The van der Waals surface area contributed by atoms with Crippen LogP contribution in [0.2, 0.25) is 0 Å². The van der Waals surface area contributed by atoms with Crippen LogP contribution in [0.3, 0.4) is 0 Å². The van der Waals surface area contributed by atoms with Crippen LogP contribution in [0.4, 0.5) is 5.13 Å². The summed E-state index contributed by atoms with van der Waals surface area (Å²) in [6.07, 6.45) is 1.57. The zero-order valence-corrected chi connectivity index (χ0v) is 9.44. The third-order valence-corrected chi connectivity index (χ3v) is 3.39. The first-order chi connectivity index (χ1) is 6.38. The molecule has 0 aromatic carbocycles. The van der Waals surface area contributed by atoms with E-state index in [0.29, 0.717) is 17.2 Å². The van der Waals surface area contributed by atoms with E-state index in [-0.39, 0.29) is 11.8 Å². The van der Waals surface area contributed by atoms with Crippen molar-refractivity contribution in [1.29, 1.82) is 0 Å². The molecule has 1 unspecified atom stereocenters. The summed E-state index contributed by atoms with van der Waals surface area (Å²) in [4.78, 5) is 3.99. The first-order valence-corrected chi connectivity index (χ1v) is 6.97. The van der Waals surface area contributed by atoms with Crippen molar-refractivity contribution in [2.75, 3.05) is 17.7 Å². The van der Waals surface area contributed by atoms with Crippen LogP contribution in [-0.2, 0) is 9.84 Å². The van der Waals surface area contributed by atoms with Crippen LogP contribution in [0.15, 0.2) is 5.38 Å². The minimum absolute atomic E-state index is 0.0750. The highest BCUT2D eigenvalue weighted by Crippen LogP contribution is 2.18. The Balaban J connectivity index is 2.55. The Kier molecular flexibility index (Phi) is 3.46. The van der Waals surface area contributed by atoms with Gasteiger partial charge in [-0.2, -0.15) is 0 Å². The van der Waals surface area contributed by atoms with Crippen molar-refractivity contribution < 1.29 is 8.42 Å². The highest BCUT2D eigenvalue weighted by Gasteiger charge is 2.12. The van der Waals surface area contributed by atoms with Gasteiger partial charge < -0.3 is 11.5 Å². The predicted molar refractivity (Wildman–Crippen MR) is 57.8 cm³/mol. The van der Waals surface area contributed by atoms with E-state index in [9.17, 15) is 8.42 Å². The fourth-order valence-electron chi connectivity index (χ4n) is 0.960. The van der Waals surface area contributed by atoms with Gasteiger partial charge in [-0.25, -0.2) is 13.4 Å². The number of sulfone groups is 1. The third-order valence-electron chi connectivity index (χ3n) is 1.72. The second kappa shape index (κ2) is 4.24. The molecule has 0 saturated heterocycles. The lowest BCUT2D eigenvalue weighted by molar-refractivity contribution is 0.590. The second-order valence-electron chi connectivity index (χ2n) is 3.14. The quantitative estimate of drug-likeness (QED) is 0.774. The maximum Gasteiger partial charge on any atom is 0.180 e. The van der Waals surface area contributed by atoms with Crippen molar-refractivity contribution in [3.05, 3.63) is 11.1 Å². The van der Waals surface area contributed by atoms with E-state index in [2.05, 4.69) is 4.98 Å². The van der Waals surface area contributed by atoms with Crippen LogP contribution in [0.25, 0.3) is 0 Å². The van der Waals surface area contributed by atoms with E-state index in [1.54, 1.807) is 5.38 Å². The molecule has 1 rings (SSSR count). The first-order valence-electron chi connectivity index (χ1n) is 4.02. The molecule has 1 aromatic rings.